The summed E-state index contributed by atoms with van der Waals surface area (Å²) in [6.45, 7) is 5.82. The molecule has 2 heterocycles. The molecule has 1 aromatic rings. The van der Waals surface area contributed by atoms with Crippen LogP contribution in [-0.4, -0.2) is 25.7 Å². The molecule has 1 spiro atoms. The minimum absolute atomic E-state index is 0.0669. The van der Waals surface area contributed by atoms with Gasteiger partial charge in [-0.1, -0.05) is 31.5 Å². The number of amides is 1. The number of hydrogen-bond donors (Lipinski definition) is 0. The van der Waals surface area contributed by atoms with Crippen LogP contribution < -0.4 is 4.90 Å². The van der Waals surface area contributed by atoms with Crippen molar-refractivity contribution in [3.05, 3.63) is 29.3 Å². The first-order valence-corrected chi connectivity index (χ1v) is 6.90. The molecule has 1 saturated heterocycles. The fraction of sp³-hybridized carbons (Fsp3) is 0.533. The Morgan fingerprint density at radius 3 is 2.74 bits per heavy atom. The highest BCUT2D eigenvalue weighted by atomic mass is 16.7. The first-order chi connectivity index (χ1) is 9.20. The molecule has 2 aliphatic rings. The molecule has 0 saturated carbocycles. The lowest BCUT2D eigenvalue weighted by molar-refractivity contribution is -0.180. The molecule has 4 heteroatoms. The van der Waals surface area contributed by atoms with Gasteiger partial charge in [-0.2, -0.15) is 0 Å². The summed E-state index contributed by atoms with van der Waals surface area (Å²) in [5, 5.41) is 0. The first kappa shape index (κ1) is 12.6. The van der Waals surface area contributed by atoms with Gasteiger partial charge < -0.3 is 14.4 Å². The van der Waals surface area contributed by atoms with Crippen LogP contribution in [0.3, 0.4) is 0 Å². The number of fused-ring (bicyclic) bond motifs is 2. The number of benzene rings is 1. The van der Waals surface area contributed by atoms with Gasteiger partial charge in [0.05, 0.1) is 18.9 Å². The lowest BCUT2D eigenvalue weighted by Gasteiger charge is -2.22. The third kappa shape index (κ3) is 1.70. The molecule has 0 bridgehead atoms. The maximum absolute atomic E-state index is 12.7. The summed E-state index contributed by atoms with van der Waals surface area (Å²) < 4.78 is 11.4. The van der Waals surface area contributed by atoms with Crippen LogP contribution in [0.4, 0.5) is 5.69 Å². The number of ether oxygens (including phenoxy) is 2. The van der Waals surface area contributed by atoms with Gasteiger partial charge in [-0.25, -0.2) is 0 Å². The third-order valence-electron chi connectivity index (χ3n) is 3.82. The van der Waals surface area contributed by atoms with Gasteiger partial charge in [0.15, 0.2) is 0 Å². The molecule has 102 valence electrons. The maximum Gasteiger partial charge on any atom is 0.292 e. The lowest BCUT2D eigenvalue weighted by atomic mass is 10.0. The second-order valence-electron chi connectivity index (χ2n) is 5.09. The van der Waals surface area contributed by atoms with Crippen molar-refractivity contribution in [1.29, 1.82) is 0 Å². The molecule has 0 aliphatic carbocycles. The monoisotopic (exact) mass is 261 g/mol. The Morgan fingerprint density at radius 2 is 2.05 bits per heavy atom. The Morgan fingerprint density at radius 1 is 1.32 bits per heavy atom. The highest BCUT2D eigenvalue weighted by molar-refractivity contribution is 6.07. The summed E-state index contributed by atoms with van der Waals surface area (Å²) in [4.78, 5) is 14.6. The van der Waals surface area contributed by atoms with Crippen molar-refractivity contribution in [3.8, 4) is 0 Å². The lowest BCUT2D eigenvalue weighted by Crippen LogP contribution is -2.41. The summed E-state index contributed by atoms with van der Waals surface area (Å²) in [5.41, 5.74) is 2.94. The zero-order valence-electron chi connectivity index (χ0n) is 11.4. The van der Waals surface area contributed by atoms with Gasteiger partial charge in [-0.05, 0) is 18.9 Å². The Balaban J connectivity index is 2.09. The zero-order chi connectivity index (χ0) is 13.5. The zero-order valence-corrected chi connectivity index (χ0v) is 11.4. The quantitative estimate of drug-likeness (QED) is 0.838. The Bertz CT molecular complexity index is 506. The topological polar surface area (TPSA) is 38.8 Å². The number of aryl methyl sites for hydroxylation is 1. The van der Waals surface area contributed by atoms with Crippen LogP contribution in [0.2, 0.25) is 0 Å². The van der Waals surface area contributed by atoms with Crippen molar-refractivity contribution in [2.45, 2.75) is 32.5 Å². The number of unbranched alkanes of at least 4 members (excludes halogenated alkanes) is 1. The molecule has 2 aliphatic heterocycles. The number of nitrogens with zero attached hydrogens (tertiary/aromatic N) is 1. The minimum Gasteiger partial charge on any atom is -0.336 e. The number of rotatable bonds is 3. The molecule has 1 amide bonds. The predicted molar refractivity (Wildman–Crippen MR) is 72.0 cm³/mol. The molecule has 0 radical (unpaired) electrons. The molecule has 3 rings (SSSR count). The van der Waals surface area contributed by atoms with E-state index in [1.165, 1.54) is 0 Å². The molecule has 1 aromatic carbocycles. The van der Waals surface area contributed by atoms with E-state index in [-0.39, 0.29) is 5.91 Å². The van der Waals surface area contributed by atoms with Gasteiger partial charge in [0.1, 0.15) is 0 Å². The van der Waals surface area contributed by atoms with Crippen LogP contribution in [0.1, 0.15) is 30.9 Å². The van der Waals surface area contributed by atoms with Crippen LogP contribution in [0, 0.1) is 6.92 Å². The predicted octanol–water partition coefficient (Wildman–Crippen LogP) is 2.34. The van der Waals surface area contributed by atoms with Crippen LogP contribution in [0.5, 0.6) is 0 Å². The second-order valence-corrected chi connectivity index (χ2v) is 5.09. The Labute approximate surface area is 113 Å². The number of anilines is 1. The van der Waals surface area contributed by atoms with Gasteiger partial charge in [-0.15, -0.1) is 0 Å². The number of carbonyl (C=O) groups excluding carboxylic acids is 1. The van der Waals surface area contributed by atoms with E-state index in [1.54, 1.807) is 0 Å². The van der Waals surface area contributed by atoms with Crippen molar-refractivity contribution in [3.63, 3.8) is 0 Å². The average Bonchev–Trinajstić information content (AvgIpc) is 2.98. The van der Waals surface area contributed by atoms with E-state index in [0.29, 0.717) is 13.2 Å². The molecule has 0 atom stereocenters. The van der Waals surface area contributed by atoms with Crippen LogP contribution in [0.25, 0.3) is 0 Å². The number of para-hydroxylation sites is 1. The van der Waals surface area contributed by atoms with Crippen LogP contribution in [-0.2, 0) is 20.1 Å². The van der Waals surface area contributed by atoms with E-state index in [1.807, 2.05) is 30.0 Å². The van der Waals surface area contributed by atoms with E-state index in [9.17, 15) is 4.79 Å². The molecule has 19 heavy (non-hydrogen) atoms. The second kappa shape index (κ2) is 4.62. The fourth-order valence-electron chi connectivity index (χ4n) is 2.90. The van der Waals surface area contributed by atoms with E-state index in [2.05, 4.69) is 6.92 Å². The van der Waals surface area contributed by atoms with Crippen molar-refractivity contribution in [1.82, 2.24) is 0 Å². The first-order valence-electron chi connectivity index (χ1n) is 6.90. The molecule has 1 fully saturated rings. The van der Waals surface area contributed by atoms with Gasteiger partial charge >= 0.3 is 0 Å². The van der Waals surface area contributed by atoms with Crippen molar-refractivity contribution in [2.75, 3.05) is 24.7 Å². The molecular formula is C15H19NO3. The normalized spacial score (nSPS) is 20.3. The van der Waals surface area contributed by atoms with Gasteiger partial charge in [-0.3, -0.25) is 4.79 Å². The Hall–Kier alpha value is -1.39. The van der Waals surface area contributed by atoms with E-state index in [0.717, 1.165) is 36.2 Å². The summed E-state index contributed by atoms with van der Waals surface area (Å²) >= 11 is 0. The number of hydrogen-bond acceptors (Lipinski definition) is 3. The summed E-state index contributed by atoms with van der Waals surface area (Å²) in [6, 6.07) is 5.92. The highest BCUT2D eigenvalue weighted by Gasteiger charge is 2.56. The van der Waals surface area contributed by atoms with Crippen LogP contribution >= 0.6 is 0 Å². The van der Waals surface area contributed by atoms with Gasteiger partial charge in [0.25, 0.3) is 11.7 Å². The van der Waals surface area contributed by atoms with Crippen molar-refractivity contribution >= 4 is 11.6 Å². The molecule has 4 nitrogen and oxygen atoms in total. The van der Waals surface area contributed by atoms with E-state index < -0.39 is 5.79 Å². The summed E-state index contributed by atoms with van der Waals surface area (Å²) in [6.07, 6.45) is 2.04. The van der Waals surface area contributed by atoms with Crippen molar-refractivity contribution < 1.29 is 14.3 Å². The van der Waals surface area contributed by atoms with Gasteiger partial charge in [0.2, 0.25) is 0 Å². The highest BCUT2D eigenvalue weighted by Crippen LogP contribution is 2.47. The SMILES string of the molecule is CCCCN1C(=O)C2(OCCO2)c2cccc(C)c21. The minimum atomic E-state index is -1.17. The maximum atomic E-state index is 12.7. The number of carbonyl (C=O) groups is 1. The Kier molecular flexibility index (Phi) is 3.07. The fourth-order valence-corrected chi connectivity index (χ4v) is 2.90. The molecule has 0 unspecified atom stereocenters. The third-order valence-corrected chi connectivity index (χ3v) is 3.82. The van der Waals surface area contributed by atoms with E-state index >= 15 is 0 Å². The standard InChI is InChI=1S/C15H19NO3/c1-3-4-8-16-13-11(2)6-5-7-12(13)15(14(16)17)18-9-10-19-15/h5-7H,3-4,8-10H2,1-2H3. The van der Waals surface area contributed by atoms with Gasteiger partial charge in [0, 0.05) is 12.1 Å². The molecular weight excluding hydrogens is 242 g/mol. The van der Waals surface area contributed by atoms with E-state index in [4.69, 9.17) is 9.47 Å². The average molecular weight is 261 g/mol. The van der Waals surface area contributed by atoms with Crippen molar-refractivity contribution in [2.24, 2.45) is 0 Å². The summed E-state index contributed by atoms with van der Waals surface area (Å²) in [5.74, 6) is -1.24. The van der Waals surface area contributed by atoms with Crippen LogP contribution in [0.15, 0.2) is 18.2 Å². The smallest absolute Gasteiger partial charge is 0.292 e. The summed E-state index contributed by atoms with van der Waals surface area (Å²) in [7, 11) is 0. The molecule has 0 N–H and O–H groups in total. The molecule has 0 aromatic heterocycles. The largest absolute Gasteiger partial charge is 0.336 e.